The quantitative estimate of drug-likeness (QED) is 0.867. The number of rotatable bonds is 6. The summed E-state index contributed by atoms with van der Waals surface area (Å²) in [6.07, 6.45) is 3.97. The summed E-state index contributed by atoms with van der Waals surface area (Å²) in [5.74, 6) is 0.857. The van der Waals surface area contributed by atoms with Gasteiger partial charge in [-0.1, -0.05) is 13.0 Å². The van der Waals surface area contributed by atoms with Crippen molar-refractivity contribution in [1.82, 2.24) is 15.1 Å². The van der Waals surface area contributed by atoms with E-state index in [1.165, 1.54) is 11.1 Å². The second kappa shape index (κ2) is 7.09. The van der Waals surface area contributed by atoms with E-state index in [9.17, 15) is 0 Å². The number of aromatic nitrogens is 2. The maximum atomic E-state index is 5.28. The van der Waals surface area contributed by atoms with Gasteiger partial charge in [-0.15, -0.1) is 0 Å². The molecule has 1 aromatic heterocycles. The van der Waals surface area contributed by atoms with Gasteiger partial charge < -0.3 is 10.1 Å². The minimum absolute atomic E-state index is 0.258. The highest BCUT2D eigenvalue weighted by atomic mass is 79.9. The van der Waals surface area contributed by atoms with Gasteiger partial charge >= 0.3 is 0 Å². The fraction of sp³-hybridized carbons (Fsp3) is 0.438. The predicted molar refractivity (Wildman–Crippen MR) is 88.8 cm³/mol. The molecule has 0 aliphatic rings. The van der Waals surface area contributed by atoms with E-state index in [-0.39, 0.29) is 6.04 Å². The van der Waals surface area contributed by atoms with E-state index < -0.39 is 0 Å². The summed E-state index contributed by atoms with van der Waals surface area (Å²) in [5.41, 5.74) is 3.69. The van der Waals surface area contributed by atoms with E-state index in [0.29, 0.717) is 0 Å². The van der Waals surface area contributed by atoms with E-state index in [1.54, 1.807) is 7.11 Å². The standard InChI is InChI=1S/C16H22BrN3O/c1-5-14-12(10-20(3)19-14)15(18-2)9-11-6-7-16(21-4)13(17)8-11/h6-8,10,15,18H,5,9H2,1-4H3. The van der Waals surface area contributed by atoms with Crippen LogP contribution in [0.25, 0.3) is 0 Å². The first-order valence-electron chi connectivity index (χ1n) is 7.11. The second-order valence-corrected chi connectivity index (χ2v) is 5.93. The SMILES string of the molecule is CCc1nn(C)cc1C(Cc1ccc(OC)c(Br)c1)NC. The molecule has 114 valence electrons. The highest BCUT2D eigenvalue weighted by molar-refractivity contribution is 9.10. The lowest BCUT2D eigenvalue weighted by Crippen LogP contribution is -2.19. The van der Waals surface area contributed by atoms with Crippen LogP contribution in [-0.2, 0) is 19.9 Å². The van der Waals surface area contributed by atoms with E-state index in [1.807, 2.05) is 24.8 Å². The van der Waals surface area contributed by atoms with Crippen LogP contribution in [-0.4, -0.2) is 23.9 Å². The molecule has 0 radical (unpaired) electrons. The fourth-order valence-electron chi connectivity index (χ4n) is 2.56. The number of nitrogens with one attached hydrogen (secondary N) is 1. The number of nitrogens with zero attached hydrogens (tertiary/aromatic N) is 2. The smallest absolute Gasteiger partial charge is 0.133 e. The maximum absolute atomic E-state index is 5.28. The molecule has 1 unspecified atom stereocenters. The summed E-state index contributed by atoms with van der Waals surface area (Å²) >= 11 is 3.55. The summed E-state index contributed by atoms with van der Waals surface area (Å²) in [4.78, 5) is 0. The molecule has 2 aromatic rings. The van der Waals surface area contributed by atoms with Crippen molar-refractivity contribution in [3.05, 3.63) is 45.7 Å². The zero-order valence-electron chi connectivity index (χ0n) is 13.0. The molecule has 0 fully saturated rings. The summed E-state index contributed by atoms with van der Waals surface area (Å²) in [7, 11) is 5.65. The van der Waals surface area contributed by atoms with Crippen LogP contribution in [0.3, 0.4) is 0 Å². The van der Waals surface area contributed by atoms with Gasteiger partial charge in [0.05, 0.1) is 17.3 Å². The summed E-state index contributed by atoms with van der Waals surface area (Å²) in [5, 5.41) is 7.93. The lowest BCUT2D eigenvalue weighted by Gasteiger charge is -2.17. The highest BCUT2D eigenvalue weighted by Gasteiger charge is 2.17. The second-order valence-electron chi connectivity index (χ2n) is 5.07. The van der Waals surface area contributed by atoms with Crippen molar-refractivity contribution in [2.75, 3.05) is 14.2 Å². The highest BCUT2D eigenvalue weighted by Crippen LogP contribution is 2.28. The molecular weight excluding hydrogens is 330 g/mol. The van der Waals surface area contributed by atoms with E-state index in [2.05, 4.69) is 51.6 Å². The van der Waals surface area contributed by atoms with Crippen LogP contribution in [0.4, 0.5) is 0 Å². The van der Waals surface area contributed by atoms with Crippen molar-refractivity contribution in [3.63, 3.8) is 0 Å². The number of benzene rings is 1. The molecule has 0 spiro atoms. The number of ether oxygens (including phenoxy) is 1. The van der Waals surface area contributed by atoms with Gasteiger partial charge in [0.15, 0.2) is 0 Å². The number of hydrogen-bond acceptors (Lipinski definition) is 3. The van der Waals surface area contributed by atoms with Crippen LogP contribution < -0.4 is 10.1 Å². The summed E-state index contributed by atoms with van der Waals surface area (Å²) < 4.78 is 8.16. The summed E-state index contributed by atoms with van der Waals surface area (Å²) in [6.45, 7) is 2.14. The predicted octanol–water partition coefficient (Wildman–Crippen LogP) is 3.26. The lowest BCUT2D eigenvalue weighted by molar-refractivity contribution is 0.412. The van der Waals surface area contributed by atoms with Gasteiger partial charge in [0.2, 0.25) is 0 Å². The first-order chi connectivity index (χ1) is 10.1. The average molecular weight is 352 g/mol. The molecule has 1 atom stereocenters. The molecule has 0 amide bonds. The molecule has 0 aliphatic carbocycles. The Morgan fingerprint density at radius 3 is 2.76 bits per heavy atom. The van der Waals surface area contributed by atoms with E-state index in [0.717, 1.165) is 28.8 Å². The normalized spacial score (nSPS) is 12.4. The Bertz CT molecular complexity index is 610. The molecule has 0 saturated carbocycles. The number of hydrogen-bond donors (Lipinski definition) is 1. The average Bonchev–Trinajstić information content (AvgIpc) is 2.86. The van der Waals surface area contributed by atoms with Gasteiger partial charge in [0.1, 0.15) is 5.75 Å². The molecule has 0 aliphatic heterocycles. The molecule has 1 aromatic carbocycles. The molecule has 2 rings (SSSR count). The molecule has 21 heavy (non-hydrogen) atoms. The van der Waals surface area contributed by atoms with Gasteiger partial charge in [0, 0.05) is 24.8 Å². The third-order valence-corrected chi connectivity index (χ3v) is 4.27. The van der Waals surface area contributed by atoms with Gasteiger partial charge in [-0.2, -0.15) is 5.10 Å². The molecule has 1 N–H and O–H groups in total. The Hall–Kier alpha value is -1.33. The van der Waals surface area contributed by atoms with Crippen molar-refractivity contribution in [1.29, 1.82) is 0 Å². The minimum atomic E-state index is 0.258. The lowest BCUT2D eigenvalue weighted by atomic mass is 9.98. The topological polar surface area (TPSA) is 39.1 Å². The minimum Gasteiger partial charge on any atom is -0.496 e. The van der Waals surface area contributed by atoms with Crippen molar-refractivity contribution < 1.29 is 4.74 Å². The summed E-state index contributed by atoms with van der Waals surface area (Å²) in [6, 6.07) is 6.48. The number of methoxy groups -OCH3 is 1. The molecule has 4 nitrogen and oxygen atoms in total. The number of aryl methyl sites for hydroxylation is 2. The van der Waals surface area contributed by atoms with Crippen molar-refractivity contribution in [2.24, 2.45) is 7.05 Å². The third kappa shape index (κ3) is 3.66. The van der Waals surface area contributed by atoms with Gasteiger partial charge in [-0.3, -0.25) is 4.68 Å². The van der Waals surface area contributed by atoms with Crippen LogP contribution in [0.5, 0.6) is 5.75 Å². The number of halogens is 1. The first-order valence-corrected chi connectivity index (χ1v) is 7.90. The number of likely N-dealkylation sites (N-methyl/N-ethyl adjacent to an activating group) is 1. The molecule has 1 heterocycles. The molecule has 5 heteroatoms. The third-order valence-electron chi connectivity index (χ3n) is 3.65. The maximum Gasteiger partial charge on any atom is 0.133 e. The van der Waals surface area contributed by atoms with E-state index in [4.69, 9.17) is 4.74 Å². The van der Waals surface area contributed by atoms with Crippen molar-refractivity contribution in [3.8, 4) is 5.75 Å². The fourth-order valence-corrected chi connectivity index (χ4v) is 3.15. The van der Waals surface area contributed by atoms with Crippen LogP contribution in [0.1, 0.15) is 29.8 Å². The van der Waals surface area contributed by atoms with Crippen molar-refractivity contribution >= 4 is 15.9 Å². The monoisotopic (exact) mass is 351 g/mol. The Kier molecular flexibility index (Phi) is 5.42. The van der Waals surface area contributed by atoms with Gasteiger partial charge in [-0.05, 0) is 53.5 Å². The largest absolute Gasteiger partial charge is 0.496 e. The Morgan fingerprint density at radius 2 is 2.19 bits per heavy atom. The van der Waals surface area contributed by atoms with Gasteiger partial charge in [0.25, 0.3) is 0 Å². The van der Waals surface area contributed by atoms with Gasteiger partial charge in [-0.25, -0.2) is 0 Å². The van der Waals surface area contributed by atoms with Crippen molar-refractivity contribution in [2.45, 2.75) is 25.8 Å². The molecule has 0 saturated heterocycles. The van der Waals surface area contributed by atoms with Crippen LogP contribution in [0.15, 0.2) is 28.9 Å². The first kappa shape index (κ1) is 16.0. The Labute approximate surface area is 134 Å². The Morgan fingerprint density at radius 1 is 1.43 bits per heavy atom. The van der Waals surface area contributed by atoms with Crippen LogP contribution in [0.2, 0.25) is 0 Å². The van der Waals surface area contributed by atoms with Crippen LogP contribution >= 0.6 is 15.9 Å². The zero-order valence-corrected chi connectivity index (χ0v) is 14.6. The molecular formula is C16H22BrN3O. The van der Waals surface area contributed by atoms with E-state index >= 15 is 0 Å². The van der Waals surface area contributed by atoms with Crippen LogP contribution in [0, 0.1) is 0 Å². The Balaban J connectivity index is 2.24. The zero-order chi connectivity index (χ0) is 15.4. The molecule has 0 bridgehead atoms.